The monoisotopic (exact) mass is 274 g/mol. The van der Waals surface area contributed by atoms with Crippen LogP contribution in [0.3, 0.4) is 0 Å². The molecule has 3 rings (SSSR count). The van der Waals surface area contributed by atoms with Crippen LogP contribution >= 0.6 is 0 Å². The fourth-order valence-electron chi connectivity index (χ4n) is 2.82. The summed E-state index contributed by atoms with van der Waals surface area (Å²) in [5.41, 5.74) is 4.50. The summed E-state index contributed by atoms with van der Waals surface area (Å²) in [6.07, 6.45) is 1.03. The third kappa shape index (κ3) is 2.47. The summed E-state index contributed by atoms with van der Waals surface area (Å²) in [6, 6.07) is 20.8. The fraction of sp³-hybridized carbons (Fsp3) is 0.150. The first kappa shape index (κ1) is 13.6. The van der Waals surface area contributed by atoms with Crippen molar-refractivity contribution in [3.05, 3.63) is 71.8 Å². The van der Waals surface area contributed by atoms with Crippen LogP contribution in [0.5, 0.6) is 0 Å². The summed E-state index contributed by atoms with van der Waals surface area (Å²) in [4.78, 5) is 11.4. The fourth-order valence-corrected chi connectivity index (χ4v) is 2.82. The van der Waals surface area contributed by atoms with Gasteiger partial charge in [-0.1, -0.05) is 67.6 Å². The second-order valence-electron chi connectivity index (χ2n) is 5.30. The number of ketones is 1. The zero-order valence-corrected chi connectivity index (χ0v) is 12.4. The number of hydrogen-bond donors (Lipinski definition) is 0. The van der Waals surface area contributed by atoms with Crippen LogP contribution in [0, 0.1) is 0 Å². The van der Waals surface area contributed by atoms with Gasteiger partial charge in [0.1, 0.15) is 0 Å². The van der Waals surface area contributed by atoms with Crippen LogP contribution in [0.15, 0.2) is 60.7 Å². The molecular formula is C20H18O. The molecule has 0 aliphatic carbocycles. The van der Waals surface area contributed by atoms with Gasteiger partial charge in [0.25, 0.3) is 0 Å². The standard InChI is InChI=1S/C20H18O/c1-3-15-6-4-9-20-18(15)7-5-8-19(20)17-12-10-16(11-13-17)14(2)21/h4-13H,3H2,1-2H3. The molecule has 0 saturated heterocycles. The Morgan fingerprint density at radius 2 is 1.52 bits per heavy atom. The predicted octanol–water partition coefficient (Wildman–Crippen LogP) is 5.27. The van der Waals surface area contributed by atoms with Gasteiger partial charge < -0.3 is 0 Å². The first-order valence-corrected chi connectivity index (χ1v) is 7.32. The van der Waals surface area contributed by atoms with Gasteiger partial charge >= 0.3 is 0 Å². The van der Waals surface area contributed by atoms with Crippen LogP contribution in [-0.2, 0) is 6.42 Å². The minimum absolute atomic E-state index is 0.104. The van der Waals surface area contributed by atoms with Gasteiger partial charge in [-0.2, -0.15) is 0 Å². The van der Waals surface area contributed by atoms with Crippen molar-refractivity contribution in [3.63, 3.8) is 0 Å². The Kier molecular flexibility index (Phi) is 3.57. The van der Waals surface area contributed by atoms with Crippen molar-refractivity contribution in [2.45, 2.75) is 20.3 Å². The van der Waals surface area contributed by atoms with Crippen molar-refractivity contribution in [1.82, 2.24) is 0 Å². The molecule has 21 heavy (non-hydrogen) atoms. The van der Waals surface area contributed by atoms with E-state index in [4.69, 9.17) is 0 Å². The van der Waals surface area contributed by atoms with Crippen LogP contribution in [0.1, 0.15) is 29.8 Å². The summed E-state index contributed by atoms with van der Waals surface area (Å²) in [5, 5.41) is 2.58. The zero-order valence-electron chi connectivity index (χ0n) is 12.4. The molecule has 3 aromatic carbocycles. The van der Waals surface area contributed by atoms with Crippen molar-refractivity contribution in [3.8, 4) is 11.1 Å². The van der Waals surface area contributed by atoms with Gasteiger partial charge in [-0.3, -0.25) is 4.79 Å². The molecule has 0 fully saturated rings. The first-order chi connectivity index (χ1) is 10.2. The zero-order chi connectivity index (χ0) is 14.8. The second kappa shape index (κ2) is 5.53. The highest BCUT2D eigenvalue weighted by molar-refractivity contribution is 5.99. The largest absolute Gasteiger partial charge is 0.295 e. The Labute approximate surface area is 125 Å². The molecular weight excluding hydrogens is 256 g/mol. The second-order valence-corrected chi connectivity index (χ2v) is 5.30. The van der Waals surface area contributed by atoms with E-state index in [2.05, 4.69) is 43.3 Å². The van der Waals surface area contributed by atoms with Gasteiger partial charge in [-0.05, 0) is 40.8 Å². The topological polar surface area (TPSA) is 17.1 Å². The summed E-state index contributed by atoms with van der Waals surface area (Å²) in [7, 11) is 0. The highest BCUT2D eigenvalue weighted by Crippen LogP contribution is 2.30. The third-order valence-electron chi connectivity index (χ3n) is 4.00. The maximum absolute atomic E-state index is 11.4. The van der Waals surface area contributed by atoms with E-state index in [1.807, 2.05) is 24.3 Å². The molecule has 0 unspecified atom stereocenters. The van der Waals surface area contributed by atoms with Crippen molar-refractivity contribution in [1.29, 1.82) is 0 Å². The quantitative estimate of drug-likeness (QED) is 0.594. The molecule has 1 nitrogen and oxygen atoms in total. The molecule has 0 aliphatic rings. The number of carbonyl (C=O) groups is 1. The number of carbonyl (C=O) groups excluding carboxylic acids is 1. The van der Waals surface area contributed by atoms with Crippen molar-refractivity contribution >= 4 is 16.6 Å². The lowest BCUT2D eigenvalue weighted by molar-refractivity contribution is 0.101. The molecule has 3 aromatic rings. The molecule has 0 radical (unpaired) electrons. The molecule has 0 amide bonds. The first-order valence-electron chi connectivity index (χ1n) is 7.32. The lowest BCUT2D eigenvalue weighted by Crippen LogP contribution is -1.91. The average molecular weight is 274 g/mol. The number of hydrogen-bond acceptors (Lipinski definition) is 1. The van der Waals surface area contributed by atoms with Crippen LogP contribution in [0.4, 0.5) is 0 Å². The van der Waals surface area contributed by atoms with Crippen molar-refractivity contribution in [2.24, 2.45) is 0 Å². The van der Waals surface area contributed by atoms with Crippen LogP contribution in [0.25, 0.3) is 21.9 Å². The Morgan fingerprint density at radius 1 is 0.857 bits per heavy atom. The number of Topliss-reactive ketones (excluding diaryl/α,β-unsaturated/α-hetero) is 1. The maximum atomic E-state index is 11.4. The molecule has 1 heteroatoms. The summed E-state index contributed by atoms with van der Waals surface area (Å²) in [5.74, 6) is 0.104. The summed E-state index contributed by atoms with van der Waals surface area (Å²) < 4.78 is 0. The van der Waals surface area contributed by atoms with E-state index >= 15 is 0 Å². The molecule has 0 heterocycles. The van der Waals surface area contributed by atoms with E-state index in [1.54, 1.807) is 6.92 Å². The average Bonchev–Trinajstić information content (AvgIpc) is 2.53. The smallest absolute Gasteiger partial charge is 0.159 e. The van der Waals surface area contributed by atoms with E-state index < -0.39 is 0 Å². The van der Waals surface area contributed by atoms with E-state index in [1.165, 1.54) is 21.9 Å². The Morgan fingerprint density at radius 3 is 2.19 bits per heavy atom. The molecule has 104 valence electrons. The van der Waals surface area contributed by atoms with E-state index in [0.717, 1.165) is 17.5 Å². The maximum Gasteiger partial charge on any atom is 0.159 e. The van der Waals surface area contributed by atoms with E-state index in [0.29, 0.717) is 0 Å². The molecule has 0 spiro atoms. The van der Waals surface area contributed by atoms with Crippen molar-refractivity contribution < 1.29 is 4.79 Å². The molecule has 0 N–H and O–H groups in total. The van der Waals surface area contributed by atoms with Crippen molar-refractivity contribution in [2.75, 3.05) is 0 Å². The SMILES string of the molecule is CCc1cccc2c(-c3ccc(C(C)=O)cc3)cccc12. The highest BCUT2D eigenvalue weighted by atomic mass is 16.1. The number of aryl methyl sites for hydroxylation is 1. The minimum atomic E-state index is 0.104. The van der Waals surface area contributed by atoms with Gasteiger partial charge in [-0.25, -0.2) is 0 Å². The summed E-state index contributed by atoms with van der Waals surface area (Å²) >= 11 is 0. The van der Waals surface area contributed by atoms with Gasteiger partial charge in [0.05, 0.1) is 0 Å². The van der Waals surface area contributed by atoms with Gasteiger partial charge in [0.15, 0.2) is 5.78 Å². The number of rotatable bonds is 3. The third-order valence-corrected chi connectivity index (χ3v) is 4.00. The number of fused-ring (bicyclic) bond motifs is 1. The number of benzene rings is 3. The molecule has 0 bridgehead atoms. The Hall–Kier alpha value is -2.41. The lowest BCUT2D eigenvalue weighted by Gasteiger charge is -2.10. The normalized spacial score (nSPS) is 10.8. The van der Waals surface area contributed by atoms with Gasteiger partial charge in [-0.15, -0.1) is 0 Å². The van der Waals surface area contributed by atoms with Crippen LogP contribution in [0.2, 0.25) is 0 Å². The molecule has 0 saturated carbocycles. The van der Waals surface area contributed by atoms with Gasteiger partial charge in [0.2, 0.25) is 0 Å². The van der Waals surface area contributed by atoms with E-state index in [-0.39, 0.29) is 5.78 Å². The Balaban J connectivity index is 2.18. The van der Waals surface area contributed by atoms with Crippen LogP contribution < -0.4 is 0 Å². The summed E-state index contributed by atoms with van der Waals surface area (Å²) in [6.45, 7) is 3.78. The predicted molar refractivity (Wildman–Crippen MR) is 88.8 cm³/mol. The highest BCUT2D eigenvalue weighted by Gasteiger charge is 2.06. The van der Waals surface area contributed by atoms with E-state index in [9.17, 15) is 4.79 Å². The van der Waals surface area contributed by atoms with Crippen LogP contribution in [-0.4, -0.2) is 5.78 Å². The molecule has 0 aliphatic heterocycles. The molecule has 0 aromatic heterocycles. The molecule has 0 atom stereocenters. The van der Waals surface area contributed by atoms with Gasteiger partial charge in [0, 0.05) is 5.56 Å². The lowest BCUT2D eigenvalue weighted by atomic mass is 9.94. The Bertz CT molecular complexity index is 798. The minimum Gasteiger partial charge on any atom is -0.295 e.